The molecule has 0 bridgehead atoms. The van der Waals surface area contributed by atoms with Gasteiger partial charge in [-0.3, -0.25) is 42.2 Å². The Bertz CT molecular complexity index is 1700. The third-order valence-electron chi connectivity index (χ3n) is 9.38. The summed E-state index contributed by atoms with van der Waals surface area (Å²) >= 11 is 0. The molecule has 1 saturated heterocycles. The molecular weight excluding hydrogens is 638 g/mol. The van der Waals surface area contributed by atoms with Crippen LogP contribution in [-0.2, 0) is 14.7 Å². The molecule has 260 valence electrons. The van der Waals surface area contributed by atoms with Gasteiger partial charge >= 0.3 is 0 Å². The monoisotopic (exact) mass is 692 g/mol. The van der Waals surface area contributed by atoms with E-state index in [2.05, 4.69) is 171 Å². The van der Waals surface area contributed by atoms with Gasteiger partial charge in [-0.05, 0) is 123 Å². The van der Waals surface area contributed by atoms with Gasteiger partial charge in [0.15, 0.2) is 0 Å². The molecule has 0 aliphatic carbocycles. The highest BCUT2D eigenvalue weighted by Gasteiger charge is 2.52. The van der Waals surface area contributed by atoms with E-state index in [9.17, 15) is 9.13 Å². The minimum absolute atomic E-state index is 0.0667. The lowest BCUT2D eigenvalue weighted by Gasteiger charge is -2.56. The Morgan fingerprint density at radius 2 is 0.958 bits per heavy atom. The van der Waals surface area contributed by atoms with Crippen molar-refractivity contribution in [3.05, 3.63) is 134 Å². The molecule has 10 nitrogen and oxygen atoms in total. The van der Waals surface area contributed by atoms with Crippen molar-refractivity contribution in [1.29, 1.82) is 0 Å². The molecule has 13 N–H and O–H groups in total. The number of benzene rings is 4. The van der Waals surface area contributed by atoms with Gasteiger partial charge in [0.2, 0.25) is 0 Å². The Hall–Kier alpha value is -3.14. The van der Waals surface area contributed by atoms with E-state index in [0.29, 0.717) is 0 Å². The summed E-state index contributed by atoms with van der Waals surface area (Å²) in [6.45, 7) is 20.0. The van der Waals surface area contributed by atoms with Crippen molar-refractivity contribution in [2.45, 2.75) is 67.0 Å². The summed E-state index contributed by atoms with van der Waals surface area (Å²) in [6, 6.07) is 27.4. The summed E-state index contributed by atoms with van der Waals surface area (Å²) in [5, 5.41) is 4.08. The molecule has 0 radical (unpaired) electrons. The maximum Gasteiger partial charge on any atom is 0.271 e. The molecule has 0 aromatic heterocycles. The first-order valence-electron chi connectivity index (χ1n) is 15.9. The second kappa shape index (κ2) is 15.6. The lowest BCUT2D eigenvalue weighted by molar-refractivity contribution is 0.287. The predicted octanol–water partition coefficient (Wildman–Crippen LogP) is 6.19. The van der Waals surface area contributed by atoms with E-state index < -0.39 is 20.7 Å². The van der Waals surface area contributed by atoms with E-state index in [0.717, 1.165) is 13.1 Å². The minimum atomic E-state index is -3.14. The third-order valence-corrected chi connectivity index (χ3v) is 9.38. The maximum absolute atomic E-state index is 9.55. The highest BCUT2D eigenvalue weighted by atomic mass is 31.2. The molecule has 1 fully saturated rings. The van der Waals surface area contributed by atoms with E-state index in [1.54, 1.807) is 0 Å². The zero-order valence-electron chi connectivity index (χ0n) is 29.5. The van der Waals surface area contributed by atoms with Gasteiger partial charge in [-0.1, -0.05) is 66.7 Å². The quantitative estimate of drug-likeness (QED) is 0.121. The molecule has 0 amide bonds. The maximum atomic E-state index is 9.55. The second-order valence-electron chi connectivity index (χ2n) is 12.8. The number of piperazine rings is 1. The van der Waals surface area contributed by atoms with Crippen LogP contribution in [0.2, 0.25) is 0 Å². The predicted molar refractivity (Wildman–Crippen MR) is 203 cm³/mol. The van der Waals surface area contributed by atoms with Crippen LogP contribution in [-0.4, -0.2) is 13.1 Å². The van der Waals surface area contributed by atoms with Crippen molar-refractivity contribution >= 4 is 20.9 Å². The van der Waals surface area contributed by atoms with Crippen molar-refractivity contribution in [2.75, 3.05) is 18.0 Å². The molecule has 5 rings (SSSR count). The third kappa shape index (κ3) is 9.10. The zero-order valence-corrected chi connectivity index (χ0v) is 31.3. The van der Waals surface area contributed by atoms with Crippen LogP contribution < -0.4 is 43.2 Å². The molecule has 0 spiro atoms. The summed E-state index contributed by atoms with van der Waals surface area (Å²) in [6.07, 6.45) is 0. The van der Waals surface area contributed by atoms with Crippen LogP contribution in [0.5, 0.6) is 0 Å². The largest absolute Gasteiger partial charge is 0.354 e. The normalized spacial score (nSPS) is 16.0. The minimum Gasteiger partial charge on any atom is -0.354 e. The average molecular weight is 693 g/mol. The highest BCUT2D eigenvalue weighted by molar-refractivity contribution is 7.56. The fourth-order valence-corrected chi connectivity index (χ4v) is 6.64. The van der Waals surface area contributed by atoms with E-state index in [1.165, 1.54) is 66.9 Å². The Kier molecular flexibility index (Phi) is 12.8. The smallest absolute Gasteiger partial charge is 0.271 e. The number of nitrogens with one attached hydrogen (secondary N) is 1. The lowest BCUT2D eigenvalue weighted by atomic mass is 9.67. The average Bonchev–Trinajstić information content (AvgIpc) is 2.97. The molecule has 1 unspecified atom stereocenters. The van der Waals surface area contributed by atoms with Crippen LogP contribution in [0.15, 0.2) is 72.8 Å². The number of nitrogens with zero attached hydrogens (tertiary/aromatic N) is 1. The summed E-state index contributed by atoms with van der Waals surface area (Å²) < 4.78 is 19.1. The first kappa shape index (κ1) is 39.3. The van der Waals surface area contributed by atoms with E-state index >= 15 is 0 Å². The van der Waals surface area contributed by atoms with E-state index in [4.69, 9.17) is 0 Å². The van der Waals surface area contributed by atoms with Gasteiger partial charge in [0.25, 0.3) is 15.2 Å². The Labute approximate surface area is 286 Å². The molecule has 1 aliphatic rings. The number of hydrogen-bond acceptors (Lipinski definition) is 4. The molecule has 4 aromatic rings. The van der Waals surface area contributed by atoms with Gasteiger partial charge in [-0.2, -0.15) is 0 Å². The first-order chi connectivity index (χ1) is 22.2. The van der Waals surface area contributed by atoms with Crippen LogP contribution in [0.3, 0.4) is 0 Å². The fourth-order valence-electron chi connectivity index (χ4n) is 6.64. The number of rotatable bonds is 4. The van der Waals surface area contributed by atoms with Gasteiger partial charge in [-0.15, -0.1) is 0 Å². The molecule has 0 saturated carbocycles. The summed E-state index contributed by atoms with van der Waals surface area (Å²) in [5.74, 6) is 0. The van der Waals surface area contributed by atoms with E-state index in [-0.39, 0.29) is 6.04 Å². The van der Waals surface area contributed by atoms with E-state index in [1.807, 2.05) is 0 Å². The number of nitrogens with two attached hydrogens (primary N) is 6. The van der Waals surface area contributed by atoms with Gasteiger partial charge in [0.05, 0.1) is 6.04 Å². The SMILES string of the molecule is Cc1cccc(C2NCCN(c3cccc(C)c3C)C2(c2cccc(C)c2C)c2cccc(C)c2C)c1C.NP(N)(N)=O.NP(N)(N)=O. The van der Waals surface area contributed by atoms with Crippen LogP contribution in [0, 0.1) is 55.4 Å². The Morgan fingerprint density at radius 3 is 1.42 bits per heavy atom. The summed E-state index contributed by atoms with van der Waals surface area (Å²) in [7, 11) is -6.28. The van der Waals surface area contributed by atoms with Crippen molar-refractivity contribution < 1.29 is 9.13 Å². The van der Waals surface area contributed by atoms with Crippen LogP contribution in [0.1, 0.15) is 67.2 Å². The molecule has 12 heteroatoms. The van der Waals surface area contributed by atoms with Crippen LogP contribution in [0.25, 0.3) is 0 Å². The lowest BCUT2D eigenvalue weighted by Crippen LogP contribution is -2.62. The molecule has 1 heterocycles. The Morgan fingerprint density at radius 1 is 0.583 bits per heavy atom. The summed E-state index contributed by atoms with van der Waals surface area (Å²) in [5.41, 5.74) is 42.6. The van der Waals surface area contributed by atoms with Crippen LogP contribution >= 0.6 is 15.2 Å². The Balaban J connectivity index is 0.000000548. The van der Waals surface area contributed by atoms with Crippen molar-refractivity contribution in [1.82, 2.24) is 5.32 Å². The number of hydrogen-bond donors (Lipinski definition) is 7. The molecular formula is C36H54N8O2P2. The van der Waals surface area contributed by atoms with Gasteiger partial charge in [-0.25, -0.2) is 0 Å². The zero-order chi connectivity index (χ0) is 36.2. The van der Waals surface area contributed by atoms with Gasteiger partial charge in [0.1, 0.15) is 5.54 Å². The van der Waals surface area contributed by atoms with Crippen molar-refractivity contribution in [3.63, 3.8) is 0 Å². The van der Waals surface area contributed by atoms with Crippen molar-refractivity contribution in [2.24, 2.45) is 33.0 Å². The molecule has 1 aliphatic heterocycles. The van der Waals surface area contributed by atoms with Gasteiger partial charge in [0, 0.05) is 18.8 Å². The highest BCUT2D eigenvalue weighted by Crippen LogP contribution is 2.53. The molecule has 4 aromatic carbocycles. The molecule has 1 atom stereocenters. The number of anilines is 1. The standard InChI is InChI=1S/C36H42N2.2H6N3OP/c1-23-13-9-17-31(27(23)5)35-36(32-18-10-14-24(2)28(32)6,33-19-11-15-25(3)29(33)7)38(22-21-37-35)34-20-12-16-26(4)30(34)8;2*1-5(2,3)4/h9-20,35,37H,21-22H2,1-8H3;2*(H6,1,2,3,4). The molecule has 48 heavy (non-hydrogen) atoms. The second-order valence-corrected chi connectivity index (χ2v) is 15.9. The van der Waals surface area contributed by atoms with Crippen LogP contribution in [0.4, 0.5) is 5.69 Å². The first-order valence-corrected chi connectivity index (χ1v) is 19.7. The van der Waals surface area contributed by atoms with Gasteiger partial charge < -0.3 is 10.2 Å². The number of aryl methyl sites for hydroxylation is 4. The topological polar surface area (TPSA) is 206 Å². The fraction of sp³-hybridized carbons (Fsp3) is 0.333. The van der Waals surface area contributed by atoms with Crippen molar-refractivity contribution in [3.8, 4) is 0 Å². The summed E-state index contributed by atoms with van der Waals surface area (Å²) in [4.78, 5) is 2.74.